The van der Waals surface area contributed by atoms with Crippen molar-refractivity contribution in [3.05, 3.63) is 59.2 Å². The molecule has 0 spiro atoms. The maximum atomic E-state index is 11.0. The smallest absolute Gasteiger partial charge is 0.248 e. The maximum Gasteiger partial charge on any atom is 0.248 e. The van der Waals surface area contributed by atoms with E-state index in [1.165, 1.54) is 0 Å². The van der Waals surface area contributed by atoms with Gasteiger partial charge in [-0.2, -0.15) is 0 Å². The lowest BCUT2D eigenvalue weighted by atomic mass is 10.0. The first-order valence-electron chi connectivity index (χ1n) is 6.24. The Hall–Kier alpha value is -2.49. The van der Waals surface area contributed by atoms with Gasteiger partial charge >= 0.3 is 0 Å². The van der Waals surface area contributed by atoms with Gasteiger partial charge in [-0.05, 0) is 23.8 Å². The lowest BCUT2D eigenvalue weighted by Gasteiger charge is -2.12. The average Bonchev–Trinajstić information content (AvgIpc) is 2.47. The number of ether oxygens (including phenoxy) is 2. The zero-order chi connectivity index (χ0) is 14.5. The topological polar surface area (TPSA) is 61.5 Å². The molecule has 4 nitrogen and oxygen atoms in total. The summed E-state index contributed by atoms with van der Waals surface area (Å²) in [6.07, 6.45) is 0.694. The molecular formula is C16H17NO3. The summed E-state index contributed by atoms with van der Waals surface area (Å²) in [6.45, 7) is 0. The second-order valence-corrected chi connectivity index (χ2v) is 4.39. The van der Waals surface area contributed by atoms with E-state index in [1.54, 1.807) is 26.4 Å². The van der Waals surface area contributed by atoms with E-state index in [9.17, 15) is 4.79 Å². The van der Waals surface area contributed by atoms with E-state index in [-0.39, 0.29) is 0 Å². The summed E-state index contributed by atoms with van der Waals surface area (Å²) in [5.41, 5.74) is 7.83. The molecule has 0 heterocycles. The Bertz CT molecular complexity index is 606. The summed E-state index contributed by atoms with van der Waals surface area (Å²) in [7, 11) is 3.24. The van der Waals surface area contributed by atoms with Crippen LogP contribution < -0.4 is 15.2 Å². The zero-order valence-electron chi connectivity index (χ0n) is 11.6. The number of benzene rings is 2. The maximum absolute atomic E-state index is 11.0. The average molecular weight is 271 g/mol. The predicted octanol–water partition coefficient (Wildman–Crippen LogP) is 2.39. The first-order chi connectivity index (χ1) is 9.65. The van der Waals surface area contributed by atoms with E-state index in [0.717, 1.165) is 16.9 Å². The van der Waals surface area contributed by atoms with Crippen LogP contribution in [-0.4, -0.2) is 20.1 Å². The number of para-hydroxylation sites is 1. The van der Waals surface area contributed by atoms with Gasteiger partial charge in [-0.3, -0.25) is 4.79 Å². The van der Waals surface area contributed by atoms with Crippen molar-refractivity contribution in [2.75, 3.05) is 14.2 Å². The molecule has 104 valence electrons. The standard InChI is InChI=1S/C16H17NO3/c1-19-14-5-3-4-13(15(14)20-2)10-11-6-8-12(9-7-11)16(17)18/h3-9H,10H2,1-2H3,(H2,17,18). The van der Waals surface area contributed by atoms with E-state index >= 15 is 0 Å². The van der Waals surface area contributed by atoms with Gasteiger partial charge in [-0.25, -0.2) is 0 Å². The Labute approximate surface area is 118 Å². The van der Waals surface area contributed by atoms with Gasteiger partial charge in [0.2, 0.25) is 5.91 Å². The van der Waals surface area contributed by atoms with Crippen LogP contribution in [0.5, 0.6) is 11.5 Å². The van der Waals surface area contributed by atoms with Gasteiger partial charge in [0.25, 0.3) is 0 Å². The molecule has 4 heteroatoms. The van der Waals surface area contributed by atoms with Crippen LogP contribution in [0.1, 0.15) is 21.5 Å². The third kappa shape index (κ3) is 2.91. The Morgan fingerprint density at radius 2 is 1.75 bits per heavy atom. The van der Waals surface area contributed by atoms with Crippen LogP contribution in [0, 0.1) is 0 Å². The summed E-state index contributed by atoms with van der Waals surface area (Å²) < 4.78 is 10.7. The molecular weight excluding hydrogens is 254 g/mol. The van der Waals surface area contributed by atoms with Gasteiger partial charge in [-0.15, -0.1) is 0 Å². The minimum absolute atomic E-state index is 0.421. The molecule has 0 saturated heterocycles. The number of carbonyl (C=O) groups is 1. The van der Waals surface area contributed by atoms with E-state index in [0.29, 0.717) is 17.7 Å². The number of nitrogens with two attached hydrogens (primary N) is 1. The number of methoxy groups -OCH3 is 2. The van der Waals surface area contributed by atoms with Crippen LogP contribution in [0.15, 0.2) is 42.5 Å². The number of primary amides is 1. The molecule has 0 unspecified atom stereocenters. The number of hydrogen-bond donors (Lipinski definition) is 1. The third-order valence-electron chi connectivity index (χ3n) is 3.12. The highest BCUT2D eigenvalue weighted by Crippen LogP contribution is 2.32. The summed E-state index contributed by atoms with van der Waals surface area (Å²) in [5, 5.41) is 0. The fraction of sp³-hybridized carbons (Fsp3) is 0.188. The van der Waals surface area contributed by atoms with Crippen LogP contribution in [0.2, 0.25) is 0 Å². The molecule has 0 aliphatic rings. The van der Waals surface area contributed by atoms with Crippen molar-refractivity contribution in [3.8, 4) is 11.5 Å². The Balaban J connectivity index is 2.27. The largest absolute Gasteiger partial charge is 0.493 e. The minimum Gasteiger partial charge on any atom is -0.493 e. The van der Waals surface area contributed by atoms with E-state index < -0.39 is 5.91 Å². The third-order valence-corrected chi connectivity index (χ3v) is 3.12. The molecule has 0 bridgehead atoms. The van der Waals surface area contributed by atoms with Gasteiger partial charge in [0, 0.05) is 17.5 Å². The molecule has 2 aromatic carbocycles. The highest BCUT2D eigenvalue weighted by molar-refractivity contribution is 5.92. The van der Waals surface area contributed by atoms with Gasteiger partial charge in [0.15, 0.2) is 11.5 Å². The Morgan fingerprint density at radius 1 is 1.05 bits per heavy atom. The SMILES string of the molecule is COc1cccc(Cc2ccc(C(N)=O)cc2)c1OC. The molecule has 2 N–H and O–H groups in total. The highest BCUT2D eigenvalue weighted by Gasteiger charge is 2.10. The Kier molecular flexibility index (Phi) is 4.25. The van der Waals surface area contributed by atoms with Crippen LogP contribution in [0.4, 0.5) is 0 Å². The minimum atomic E-state index is -0.421. The summed E-state index contributed by atoms with van der Waals surface area (Å²) >= 11 is 0. The number of hydrogen-bond acceptors (Lipinski definition) is 3. The molecule has 0 radical (unpaired) electrons. The van der Waals surface area contributed by atoms with E-state index in [1.807, 2.05) is 30.3 Å². The first kappa shape index (κ1) is 13.9. The predicted molar refractivity (Wildman–Crippen MR) is 77.3 cm³/mol. The molecule has 0 aliphatic carbocycles. The van der Waals surface area contributed by atoms with Crippen LogP contribution >= 0.6 is 0 Å². The lowest BCUT2D eigenvalue weighted by Crippen LogP contribution is -2.10. The molecule has 0 aromatic heterocycles. The van der Waals surface area contributed by atoms with Crippen LogP contribution in [0.3, 0.4) is 0 Å². The fourth-order valence-corrected chi connectivity index (χ4v) is 2.10. The first-order valence-corrected chi connectivity index (χ1v) is 6.24. The quantitative estimate of drug-likeness (QED) is 0.908. The van der Waals surface area contributed by atoms with Crippen LogP contribution in [-0.2, 0) is 6.42 Å². The summed E-state index contributed by atoms with van der Waals surface area (Å²) in [4.78, 5) is 11.0. The zero-order valence-corrected chi connectivity index (χ0v) is 11.6. The van der Waals surface area contributed by atoms with Crippen molar-refractivity contribution in [2.45, 2.75) is 6.42 Å². The van der Waals surface area contributed by atoms with Crippen molar-refractivity contribution in [1.82, 2.24) is 0 Å². The Morgan fingerprint density at radius 3 is 2.30 bits per heavy atom. The van der Waals surface area contributed by atoms with Crippen molar-refractivity contribution >= 4 is 5.91 Å². The van der Waals surface area contributed by atoms with Crippen LogP contribution in [0.25, 0.3) is 0 Å². The lowest BCUT2D eigenvalue weighted by molar-refractivity contribution is 0.100. The van der Waals surface area contributed by atoms with E-state index in [2.05, 4.69) is 0 Å². The van der Waals surface area contributed by atoms with Gasteiger partial charge in [0.1, 0.15) is 0 Å². The fourth-order valence-electron chi connectivity index (χ4n) is 2.10. The van der Waals surface area contributed by atoms with Crippen molar-refractivity contribution in [1.29, 1.82) is 0 Å². The molecule has 0 saturated carbocycles. The second-order valence-electron chi connectivity index (χ2n) is 4.39. The van der Waals surface area contributed by atoms with Crippen molar-refractivity contribution in [3.63, 3.8) is 0 Å². The molecule has 0 atom stereocenters. The molecule has 0 aliphatic heterocycles. The van der Waals surface area contributed by atoms with Gasteiger partial charge in [0.05, 0.1) is 14.2 Å². The number of carbonyl (C=O) groups excluding carboxylic acids is 1. The molecule has 20 heavy (non-hydrogen) atoms. The number of rotatable bonds is 5. The molecule has 0 fully saturated rings. The molecule has 2 rings (SSSR count). The van der Waals surface area contributed by atoms with Gasteiger partial charge < -0.3 is 15.2 Å². The second kappa shape index (κ2) is 6.10. The normalized spacial score (nSPS) is 10.1. The van der Waals surface area contributed by atoms with Crippen molar-refractivity contribution in [2.24, 2.45) is 5.73 Å². The number of amides is 1. The monoisotopic (exact) mass is 271 g/mol. The van der Waals surface area contributed by atoms with Gasteiger partial charge in [-0.1, -0.05) is 24.3 Å². The summed E-state index contributed by atoms with van der Waals surface area (Å²) in [5.74, 6) is 1.02. The van der Waals surface area contributed by atoms with Crippen molar-refractivity contribution < 1.29 is 14.3 Å². The highest BCUT2D eigenvalue weighted by atomic mass is 16.5. The molecule has 1 amide bonds. The summed E-state index contributed by atoms with van der Waals surface area (Å²) in [6, 6.07) is 13.0. The molecule has 2 aromatic rings. The van der Waals surface area contributed by atoms with E-state index in [4.69, 9.17) is 15.2 Å².